The van der Waals surface area contributed by atoms with E-state index >= 15 is 0 Å². The molecular weight excluding hydrogens is 798 g/mol. The molecule has 0 unspecified atom stereocenters. The minimum atomic E-state index is 0.694. The Balaban J connectivity index is 0.995. The van der Waals surface area contributed by atoms with Gasteiger partial charge in [-0.15, -0.1) is 0 Å². The molecule has 0 aliphatic carbocycles. The van der Waals surface area contributed by atoms with Crippen LogP contribution >= 0.6 is 11.6 Å². The monoisotopic (exact) mass is 835 g/mol. The van der Waals surface area contributed by atoms with E-state index in [0.717, 1.165) is 50.7 Å². The molecule has 0 radical (unpaired) electrons. The molecule has 3 nitrogen and oxygen atoms in total. The lowest BCUT2D eigenvalue weighted by atomic mass is 9.91. The molecule has 0 amide bonds. The van der Waals surface area contributed by atoms with Gasteiger partial charge in [0.15, 0.2) is 0 Å². The van der Waals surface area contributed by atoms with Crippen LogP contribution < -0.4 is 4.90 Å². The summed E-state index contributed by atoms with van der Waals surface area (Å²) < 4.78 is 4.74. The Morgan fingerprint density at radius 3 is 1.16 bits per heavy atom. The highest BCUT2D eigenvalue weighted by molar-refractivity contribution is 6.33. The molecule has 1 aliphatic heterocycles. The molecule has 64 heavy (non-hydrogen) atoms. The van der Waals surface area contributed by atoms with E-state index in [9.17, 15) is 0 Å². The Labute approximate surface area is 375 Å². The fraction of sp³-hybridized carbons (Fsp3) is 0. The van der Waals surface area contributed by atoms with Gasteiger partial charge in [-0.2, -0.15) is 0 Å². The second kappa shape index (κ2) is 14.5. The first-order valence-electron chi connectivity index (χ1n) is 21.8. The Kier molecular flexibility index (Phi) is 8.27. The second-order valence-electron chi connectivity index (χ2n) is 16.6. The summed E-state index contributed by atoms with van der Waals surface area (Å²) in [6.07, 6.45) is 0. The fourth-order valence-electron chi connectivity index (χ4n) is 10.2. The number of fused-ring (bicyclic) bond motifs is 11. The van der Waals surface area contributed by atoms with E-state index in [-0.39, 0.29) is 0 Å². The highest BCUT2D eigenvalue weighted by Gasteiger charge is 2.28. The third-order valence-corrected chi connectivity index (χ3v) is 13.4. The molecule has 0 saturated heterocycles. The molecule has 0 saturated carbocycles. The van der Waals surface area contributed by atoms with Crippen molar-refractivity contribution < 1.29 is 0 Å². The van der Waals surface area contributed by atoms with Crippen LogP contribution in [0.3, 0.4) is 0 Å². The molecule has 0 bridgehead atoms. The average molecular weight is 836 g/mol. The molecule has 2 aromatic heterocycles. The molecule has 0 atom stereocenters. The zero-order valence-electron chi connectivity index (χ0n) is 34.7. The van der Waals surface area contributed by atoms with Crippen molar-refractivity contribution in [2.45, 2.75) is 0 Å². The van der Waals surface area contributed by atoms with Crippen LogP contribution in [0.25, 0.3) is 99.5 Å². The van der Waals surface area contributed by atoms with Crippen LogP contribution in [-0.2, 0) is 0 Å². The van der Waals surface area contributed by atoms with E-state index < -0.39 is 0 Å². The highest BCUT2D eigenvalue weighted by Crippen LogP contribution is 2.53. The summed E-state index contributed by atoms with van der Waals surface area (Å²) in [5.74, 6) is 0. The van der Waals surface area contributed by atoms with Crippen molar-refractivity contribution in [3.8, 4) is 55.9 Å². The van der Waals surface area contributed by atoms with Gasteiger partial charge in [0, 0.05) is 44.0 Å². The summed E-state index contributed by atoms with van der Waals surface area (Å²) in [6, 6.07) is 83.4. The SMILES string of the molecule is Clc1ccccc1N1c2ccc(-c3ccc4c(c3)c3ccccc3n4-c3ccccc3)cc2-c2ccccc2-c2cc(-c3ccc4c(c3)c3ccccc3n4-c3ccccc3)ccc21. The van der Waals surface area contributed by atoms with Gasteiger partial charge < -0.3 is 14.0 Å². The van der Waals surface area contributed by atoms with E-state index in [1.54, 1.807) is 0 Å². The third kappa shape index (κ3) is 5.61. The molecule has 3 heterocycles. The number of hydrogen-bond acceptors (Lipinski definition) is 1. The quantitative estimate of drug-likeness (QED) is 0.168. The molecule has 1 aliphatic rings. The number of anilines is 3. The largest absolute Gasteiger partial charge is 0.309 e. The predicted octanol–water partition coefficient (Wildman–Crippen LogP) is 17.0. The van der Waals surface area contributed by atoms with Gasteiger partial charge in [-0.1, -0.05) is 145 Å². The van der Waals surface area contributed by atoms with E-state index in [1.165, 1.54) is 65.9 Å². The van der Waals surface area contributed by atoms with E-state index in [1.807, 2.05) is 12.1 Å². The number of nitrogens with zero attached hydrogens (tertiary/aromatic N) is 3. The van der Waals surface area contributed by atoms with Crippen molar-refractivity contribution in [1.29, 1.82) is 0 Å². The van der Waals surface area contributed by atoms with Crippen LogP contribution in [0.15, 0.2) is 231 Å². The Morgan fingerprint density at radius 1 is 0.266 bits per heavy atom. The van der Waals surface area contributed by atoms with Gasteiger partial charge in [0.25, 0.3) is 0 Å². The van der Waals surface area contributed by atoms with Crippen LogP contribution in [0.1, 0.15) is 0 Å². The van der Waals surface area contributed by atoms with Crippen molar-refractivity contribution in [3.63, 3.8) is 0 Å². The molecule has 12 aromatic rings. The van der Waals surface area contributed by atoms with Crippen molar-refractivity contribution in [2.75, 3.05) is 4.90 Å². The maximum atomic E-state index is 7.16. The van der Waals surface area contributed by atoms with Gasteiger partial charge in [0.05, 0.1) is 44.2 Å². The summed E-state index contributed by atoms with van der Waals surface area (Å²) in [4.78, 5) is 2.36. The van der Waals surface area contributed by atoms with Gasteiger partial charge >= 0.3 is 0 Å². The Morgan fingerprint density at radius 2 is 0.656 bits per heavy atom. The van der Waals surface area contributed by atoms with Gasteiger partial charge in [0.1, 0.15) is 0 Å². The standard InChI is InChI=1S/C60H38ClN3/c61-53-23-11-14-26-60(53)64-58-33-29-39(41-27-31-56-51(37-41)47-21-9-12-24-54(47)62(56)43-15-3-1-4-16-43)35-49(58)45-19-7-8-20-46(45)50-36-40(30-34-59(50)64)42-28-32-57-52(38-42)48-22-10-13-25-55(48)63(57)44-17-5-2-6-18-44/h1-38H. The van der Waals surface area contributed by atoms with Crippen molar-refractivity contribution in [3.05, 3.63) is 236 Å². The Hall–Kier alpha value is -8.11. The van der Waals surface area contributed by atoms with Gasteiger partial charge in [-0.25, -0.2) is 0 Å². The van der Waals surface area contributed by atoms with Crippen LogP contribution in [0, 0.1) is 0 Å². The lowest BCUT2D eigenvalue weighted by Crippen LogP contribution is -2.11. The first kappa shape index (κ1) is 36.5. The topological polar surface area (TPSA) is 13.1 Å². The first-order chi connectivity index (χ1) is 31.7. The van der Waals surface area contributed by atoms with Crippen LogP contribution in [0.4, 0.5) is 17.1 Å². The summed E-state index contributed by atoms with van der Waals surface area (Å²) in [7, 11) is 0. The van der Waals surface area contributed by atoms with Gasteiger partial charge in [0.2, 0.25) is 0 Å². The van der Waals surface area contributed by atoms with Crippen molar-refractivity contribution in [2.24, 2.45) is 0 Å². The van der Waals surface area contributed by atoms with E-state index in [0.29, 0.717) is 5.02 Å². The minimum absolute atomic E-state index is 0.694. The smallest absolute Gasteiger partial charge is 0.0648 e. The molecular formula is C60H38ClN3. The van der Waals surface area contributed by atoms with E-state index in [2.05, 4.69) is 232 Å². The minimum Gasteiger partial charge on any atom is -0.309 e. The third-order valence-electron chi connectivity index (χ3n) is 13.1. The number of aromatic nitrogens is 2. The van der Waals surface area contributed by atoms with Crippen LogP contribution in [0.5, 0.6) is 0 Å². The zero-order chi connectivity index (χ0) is 42.3. The molecule has 0 fully saturated rings. The van der Waals surface area contributed by atoms with Crippen molar-refractivity contribution >= 4 is 72.3 Å². The maximum absolute atomic E-state index is 7.16. The normalized spacial score (nSPS) is 12.1. The van der Waals surface area contributed by atoms with Gasteiger partial charge in [-0.05, 0) is 130 Å². The molecule has 4 heteroatoms. The highest BCUT2D eigenvalue weighted by atomic mass is 35.5. The van der Waals surface area contributed by atoms with Crippen molar-refractivity contribution in [1.82, 2.24) is 9.13 Å². The maximum Gasteiger partial charge on any atom is 0.0648 e. The summed E-state index contributed by atoms with van der Waals surface area (Å²) >= 11 is 7.16. The predicted molar refractivity (Wildman–Crippen MR) is 270 cm³/mol. The lowest BCUT2D eigenvalue weighted by molar-refractivity contribution is 1.18. The lowest BCUT2D eigenvalue weighted by Gasteiger charge is -2.28. The Bertz CT molecular complexity index is 3580. The molecule has 300 valence electrons. The zero-order valence-corrected chi connectivity index (χ0v) is 35.4. The average Bonchev–Trinajstić information content (AvgIpc) is 3.83. The second-order valence-corrected chi connectivity index (χ2v) is 17.0. The number of para-hydroxylation sites is 5. The number of benzene rings is 10. The molecule has 10 aromatic carbocycles. The number of hydrogen-bond donors (Lipinski definition) is 0. The van der Waals surface area contributed by atoms with Crippen LogP contribution in [0.2, 0.25) is 5.02 Å². The number of rotatable bonds is 5. The summed E-state index contributed by atoms with van der Waals surface area (Å²) in [5.41, 5.74) is 19.5. The first-order valence-corrected chi connectivity index (χ1v) is 22.2. The molecule has 0 N–H and O–H groups in total. The summed E-state index contributed by atoms with van der Waals surface area (Å²) in [5, 5.41) is 5.63. The summed E-state index contributed by atoms with van der Waals surface area (Å²) in [6.45, 7) is 0. The van der Waals surface area contributed by atoms with E-state index in [4.69, 9.17) is 11.6 Å². The van der Waals surface area contributed by atoms with Crippen LogP contribution in [-0.4, -0.2) is 9.13 Å². The molecule has 13 rings (SSSR count). The molecule has 0 spiro atoms. The number of halogens is 1. The van der Waals surface area contributed by atoms with Gasteiger partial charge in [-0.3, -0.25) is 0 Å². The fourth-order valence-corrected chi connectivity index (χ4v) is 10.5.